The van der Waals surface area contributed by atoms with Crippen LogP contribution in [0, 0.1) is 16.2 Å². The van der Waals surface area contributed by atoms with E-state index in [9.17, 15) is 24.3 Å². The predicted octanol–water partition coefficient (Wildman–Crippen LogP) is -0.173. The third kappa shape index (κ3) is 1.49. The van der Waals surface area contributed by atoms with Crippen LogP contribution in [0.4, 0.5) is 0 Å². The van der Waals surface area contributed by atoms with Gasteiger partial charge in [-0.15, -0.1) is 0 Å². The largest absolute Gasteiger partial charge is 0.461 e. The molecule has 2 spiro atoms. The molecule has 9 heteroatoms. The first-order valence-corrected chi connectivity index (χ1v) is 8.43. The van der Waals surface area contributed by atoms with Crippen LogP contribution >= 0.6 is 0 Å². The van der Waals surface area contributed by atoms with Gasteiger partial charge < -0.3 is 24.1 Å². The smallest absolute Gasteiger partial charge is 0.339 e. The average molecular weight is 368 g/mol. The topological polar surface area (TPSA) is 125 Å². The Hall–Kier alpha value is -2.16. The SMILES string of the molecule is CC(=O)O[C@@]1(C(C)(C)C)CC2OC(=O)CC23C(=O)OC2OC(=O)[C@@H](O)C231. The minimum atomic E-state index is -1.81. The van der Waals surface area contributed by atoms with Gasteiger partial charge in [0.15, 0.2) is 6.10 Å². The molecule has 4 aliphatic rings. The number of hydrogen-bond acceptors (Lipinski definition) is 9. The Morgan fingerprint density at radius 1 is 1.19 bits per heavy atom. The van der Waals surface area contributed by atoms with Crippen LogP contribution in [-0.2, 0) is 38.1 Å². The number of rotatable bonds is 1. The molecule has 0 aromatic carbocycles. The zero-order chi connectivity index (χ0) is 19.3. The van der Waals surface area contributed by atoms with Crippen molar-refractivity contribution in [3.05, 3.63) is 0 Å². The number of ether oxygens (including phenoxy) is 4. The van der Waals surface area contributed by atoms with Gasteiger partial charge in [-0.1, -0.05) is 20.8 Å². The van der Waals surface area contributed by atoms with E-state index in [1.807, 2.05) is 0 Å². The molecule has 0 bridgehead atoms. The van der Waals surface area contributed by atoms with Gasteiger partial charge >= 0.3 is 23.9 Å². The maximum atomic E-state index is 12.9. The van der Waals surface area contributed by atoms with Crippen LogP contribution in [0.25, 0.3) is 0 Å². The van der Waals surface area contributed by atoms with Crippen molar-refractivity contribution < 1.29 is 43.2 Å². The van der Waals surface area contributed by atoms with Crippen molar-refractivity contribution in [2.24, 2.45) is 16.2 Å². The molecule has 3 saturated heterocycles. The lowest BCUT2D eigenvalue weighted by molar-refractivity contribution is -0.240. The highest BCUT2D eigenvalue weighted by Crippen LogP contribution is 2.76. The molecule has 3 heterocycles. The van der Waals surface area contributed by atoms with Crippen molar-refractivity contribution in [1.82, 2.24) is 0 Å². The summed E-state index contributed by atoms with van der Waals surface area (Å²) in [7, 11) is 0. The summed E-state index contributed by atoms with van der Waals surface area (Å²) < 4.78 is 21.6. The molecule has 1 aliphatic carbocycles. The normalized spacial score (nSPS) is 46.2. The number of carbonyl (C=O) groups excluding carboxylic acids is 4. The summed E-state index contributed by atoms with van der Waals surface area (Å²) in [6, 6.07) is 0. The Balaban J connectivity index is 2.07. The highest BCUT2D eigenvalue weighted by atomic mass is 16.7. The standard InChI is InChI=1S/C17H20O9/c1-7(18)26-16(14(2,3)4)5-8-15(6-9(19)23-8)12(22)25-13-17(15,16)10(20)11(21)24-13/h8,10,13,20H,5-6H2,1-4H3/t8?,10-,13?,15?,16-,17?/m1/s1. The van der Waals surface area contributed by atoms with Crippen molar-refractivity contribution in [3.8, 4) is 0 Å². The van der Waals surface area contributed by atoms with E-state index in [0.29, 0.717) is 0 Å². The molecule has 6 atom stereocenters. The summed E-state index contributed by atoms with van der Waals surface area (Å²) in [5, 5.41) is 10.9. The second-order valence-electron chi connectivity index (χ2n) is 8.45. The van der Waals surface area contributed by atoms with Crippen LogP contribution in [0.2, 0.25) is 0 Å². The Kier molecular flexibility index (Phi) is 3.03. The molecule has 0 radical (unpaired) electrons. The monoisotopic (exact) mass is 368 g/mol. The predicted molar refractivity (Wildman–Crippen MR) is 79.9 cm³/mol. The number of carbonyl (C=O) groups is 4. The van der Waals surface area contributed by atoms with E-state index in [1.54, 1.807) is 20.8 Å². The molecule has 1 N–H and O–H groups in total. The number of aliphatic hydroxyl groups is 1. The summed E-state index contributed by atoms with van der Waals surface area (Å²) in [6.07, 6.45) is -4.68. The molecule has 142 valence electrons. The van der Waals surface area contributed by atoms with Gasteiger partial charge in [0.1, 0.15) is 22.5 Å². The summed E-state index contributed by atoms with van der Waals surface area (Å²) in [4.78, 5) is 49.2. The molecule has 26 heavy (non-hydrogen) atoms. The van der Waals surface area contributed by atoms with Gasteiger partial charge in [-0.25, -0.2) is 4.79 Å². The molecule has 0 amide bonds. The van der Waals surface area contributed by atoms with Crippen LogP contribution in [0.3, 0.4) is 0 Å². The van der Waals surface area contributed by atoms with Crippen LogP contribution in [-0.4, -0.2) is 53.1 Å². The minimum absolute atomic E-state index is 0.0406. The molecule has 1 saturated carbocycles. The molecule has 9 nitrogen and oxygen atoms in total. The lowest BCUT2D eigenvalue weighted by Crippen LogP contribution is -2.66. The number of esters is 4. The van der Waals surface area contributed by atoms with E-state index in [2.05, 4.69) is 0 Å². The molecule has 0 aromatic heterocycles. The molecular weight excluding hydrogens is 348 g/mol. The Morgan fingerprint density at radius 2 is 1.85 bits per heavy atom. The van der Waals surface area contributed by atoms with E-state index in [4.69, 9.17) is 18.9 Å². The summed E-state index contributed by atoms with van der Waals surface area (Å²) >= 11 is 0. The van der Waals surface area contributed by atoms with Crippen LogP contribution in [0.15, 0.2) is 0 Å². The van der Waals surface area contributed by atoms with Gasteiger partial charge in [0, 0.05) is 18.8 Å². The Morgan fingerprint density at radius 3 is 2.42 bits per heavy atom. The zero-order valence-corrected chi connectivity index (χ0v) is 14.9. The van der Waals surface area contributed by atoms with Gasteiger partial charge in [0.05, 0.1) is 6.42 Å². The van der Waals surface area contributed by atoms with Crippen molar-refractivity contribution in [2.45, 2.75) is 64.6 Å². The molecule has 0 aromatic rings. The first-order chi connectivity index (χ1) is 11.9. The maximum absolute atomic E-state index is 12.9. The van der Waals surface area contributed by atoms with Gasteiger partial charge in [0.2, 0.25) is 0 Å². The van der Waals surface area contributed by atoms with Crippen molar-refractivity contribution in [2.75, 3.05) is 0 Å². The van der Waals surface area contributed by atoms with Gasteiger partial charge in [-0.05, 0) is 0 Å². The lowest BCUT2D eigenvalue weighted by Gasteiger charge is -2.52. The maximum Gasteiger partial charge on any atom is 0.339 e. The Labute approximate surface area is 148 Å². The highest BCUT2D eigenvalue weighted by molar-refractivity contribution is 5.95. The third-order valence-electron chi connectivity index (χ3n) is 6.48. The third-order valence-corrected chi connectivity index (χ3v) is 6.48. The van der Waals surface area contributed by atoms with Gasteiger partial charge in [-0.3, -0.25) is 14.4 Å². The lowest BCUT2D eigenvalue weighted by atomic mass is 9.52. The van der Waals surface area contributed by atoms with E-state index in [-0.39, 0.29) is 12.8 Å². The van der Waals surface area contributed by atoms with Crippen LogP contribution < -0.4 is 0 Å². The summed E-state index contributed by atoms with van der Waals surface area (Å²) in [5.41, 5.74) is -5.79. The first kappa shape index (κ1) is 17.3. The molecule has 4 rings (SSSR count). The molecule has 4 fully saturated rings. The second kappa shape index (κ2) is 4.57. The number of hydrogen-bond donors (Lipinski definition) is 1. The van der Waals surface area contributed by atoms with Crippen molar-refractivity contribution in [3.63, 3.8) is 0 Å². The van der Waals surface area contributed by atoms with Gasteiger partial charge in [-0.2, -0.15) is 0 Å². The van der Waals surface area contributed by atoms with Crippen molar-refractivity contribution >= 4 is 23.9 Å². The quantitative estimate of drug-likeness (QED) is 0.496. The highest BCUT2D eigenvalue weighted by Gasteiger charge is 2.94. The fourth-order valence-electron chi connectivity index (χ4n) is 5.65. The molecule has 3 aliphatic heterocycles. The minimum Gasteiger partial charge on any atom is -0.461 e. The van der Waals surface area contributed by atoms with E-state index >= 15 is 0 Å². The molecular formula is C17H20O9. The first-order valence-electron chi connectivity index (χ1n) is 8.43. The second-order valence-corrected chi connectivity index (χ2v) is 8.45. The summed E-state index contributed by atoms with van der Waals surface area (Å²) in [6.45, 7) is 6.48. The van der Waals surface area contributed by atoms with E-state index < -0.39 is 64.2 Å². The van der Waals surface area contributed by atoms with Crippen LogP contribution in [0.5, 0.6) is 0 Å². The fourth-order valence-corrected chi connectivity index (χ4v) is 5.65. The van der Waals surface area contributed by atoms with Crippen molar-refractivity contribution in [1.29, 1.82) is 0 Å². The summed E-state index contributed by atoms with van der Waals surface area (Å²) in [5.74, 6) is -3.06. The number of aliphatic hydroxyl groups excluding tert-OH is 1. The Bertz CT molecular complexity index is 752. The fraction of sp³-hybridized carbons (Fsp3) is 0.765. The van der Waals surface area contributed by atoms with Crippen LogP contribution in [0.1, 0.15) is 40.5 Å². The van der Waals surface area contributed by atoms with Gasteiger partial charge in [0.25, 0.3) is 6.29 Å². The van der Waals surface area contributed by atoms with E-state index in [0.717, 1.165) is 0 Å². The average Bonchev–Trinajstić information content (AvgIpc) is 3.08. The molecule has 4 unspecified atom stereocenters. The zero-order valence-electron chi connectivity index (χ0n) is 14.9. The van der Waals surface area contributed by atoms with E-state index in [1.165, 1.54) is 6.92 Å².